The van der Waals surface area contributed by atoms with Crippen LogP contribution in [-0.2, 0) is 16.3 Å². The summed E-state index contributed by atoms with van der Waals surface area (Å²) in [6.45, 7) is 2.33. The summed E-state index contributed by atoms with van der Waals surface area (Å²) in [7, 11) is -2.96. The quantitative estimate of drug-likeness (QED) is 0.442. The smallest absolute Gasteiger partial charge is 0.193 e. The summed E-state index contributed by atoms with van der Waals surface area (Å²) in [5.74, 6) is 0.541. The van der Waals surface area contributed by atoms with Gasteiger partial charge in [0.25, 0.3) is 0 Å². The van der Waals surface area contributed by atoms with E-state index >= 15 is 0 Å². The Hall–Kier alpha value is -0.830. The molecule has 3 N–H and O–H groups in total. The number of aliphatic imine (C=N–C) groups is 1. The van der Waals surface area contributed by atoms with Crippen molar-refractivity contribution in [2.45, 2.75) is 31.4 Å². The SMILES string of the molecule is CCc1cccc(NC(N)=NCC2CCCS2(=O)=O)c1.I. The van der Waals surface area contributed by atoms with Crippen molar-refractivity contribution >= 4 is 45.5 Å². The first kappa shape index (κ1) is 18.2. The molecule has 7 heteroatoms. The number of benzene rings is 1. The predicted molar refractivity (Wildman–Crippen MR) is 98.2 cm³/mol. The molecule has 1 unspecified atom stereocenters. The molecule has 1 aliphatic rings. The Kier molecular flexibility index (Phi) is 6.92. The van der Waals surface area contributed by atoms with Crippen LogP contribution in [-0.4, -0.2) is 31.9 Å². The van der Waals surface area contributed by atoms with Crippen LogP contribution in [0.25, 0.3) is 0 Å². The summed E-state index contributed by atoms with van der Waals surface area (Å²) < 4.78 is 23.4. The summed E-state index contributed by atoms with van der Waals surface area (Å²) in [4.78, 5) is 4.16. The standard InChI is InChI=1S/C14H21N3O2S.HI/c1-2-11-5-3-6-12(9-11)17-14(15)16-10-13-7-4-8-20(13,18)19;/h3,5-6,9,13H,2,4,7-8,10H2,1H3,(H3,15,16,17);1H. The number of halogens is 1. The number of hydrogen-bond acceptors (Lipinski definition) is 3. The fourth-order valence-corrected chi connectivity index (χ4v) is 4.05. The van der Waals surface area contributed by atoms with E-state index in [1.165, 1.54) is 5.56 Å². The number of guanidine groups is 1. The number of hydrogen-bond donors (Lipinski definition) is 2. The second-order valence-corrected chi connectivity index (χ2v) is 7.44. The number of nitrogens with zero attached hydrogens (tertiary/aromatic N) is 1. The van der Waals surface area contributed by atoms with Crippen LogP contribution in [0.4, 0.5) is 5.69 Å². The lowest BCUT2D eigenvalue weighted by molar-refractivity contribution is 0.590. The topological polar surface area (TPSA) is 84.5 Å². The van der Waals surface area contributed by atoms with E-state index in [0.717, 1.165) is 18.5 Å². The van der Waals surface area contributed by atoms with Crippen LogP contribution in [0, 0.1) is 0 Å². The molecule has 1 atom stereocenters. The van der Waals surface area contributed by atoms with Crippen LogP contribution >= 0.6 is 24.0 Å². The lowest BCUT2D eigenvalue weighted by Gasteiger charge is -2.09. The van der Waals surface area contributed by atoms with Crippen LogP contribution in [0.3, 0.4) is 0 Å². The zero-order valence-corrected chi connectivity index (χ0v) is 15.2. The van der Waals surface area contributed by atoms with Gasteiger partial charge in [0.2, 0.25) is 0 Å². The third-order valence-corrected chi connectivity index (χ3v) is 5.79. The highest BCUT2D eigenvalue weighted by molar-refractivity contribution is 14.0. The third-order valence-electron chi connectivity index (χ3n) is 3.54. The van der Waals surface area contributed by atoms with Crippen LogP contribution in [0.1, 0.15) is 25.3 Å². The van der Waals surface area contributed by atoms with Gasteiger partial charge in [-0.3, -0.25) is 4.99 Å². The zero-order valence-electron chi connectivity index (χ0n) is 12.1. The molecule has 0 amide bonds. The largest absolute Gasteiger partial charge is 0.370 e. The average molecular weight is 423 g/mol. The van der Waals surface area contributed by atoms with Crippen molar-refractivity contribution in [3.63, 3.8) is 0 Å². The highest BCUT2D eigenvalue weighted by Crippen LogP contribution is 2.20. The molecule has 1 aromatic rings. The summed E-state index contributed by atoms with van der Waals surface area (Å²) >= 11 is 0. The number of rotatable bonds is 4. The van der Waals surface area contributed by atoms with Crippen molar-refractivity contribution in [3.8, 4) is 0 Å². The van der Waals surface area contributed by atoms with Gasteiger partial charge in [-0.25, -0.2) is 8.42 Å². The molecule has 0 radical (unpaired) electrons. The summed E-state index contributed by atoms with van der Waals surface area (Å²) in [5, 5.41) is 2.63. The van der Waals surface area contributed by atoms with Crippen molar-refractivity contribution in [2.24, 2.45) is 10.7 Å². The molecule has 0 saturated carbocycles. The molecule has 21 heavy (non-hydrogen) atoms. The van der Waals surface area contributed by atoms with Gasteiger partial charge in [-0.1, -0.05) is 19.1 Å². The highest BCUT2D eigenvalue weighted by atomic mass is 127. The molecule has 1 aromatic carbocycles. The van der Waals surface area contributed by atoms with E-state index in [0.29, 0.717) is 6.42 Å². The van der Waals surface area contributed by atoms with Gasteiger partial charge in [0, 0.05) is 5.69 Å². The van der Waals surface area contributed by atoms with Gasteiger partial charge >= 0.3 is 0 Å². The van der Waals surface area contributed by atoms with Crippen molar-refractivity contribution in [3.05, 3.63) is 29.8 Å². The van der Waals surface area contributed by atoms with Gasteiger partial charge in [0.05, 0.1) is 17.5 Å². The first-order valence-corrected chi connectivity index (χ1v) is 8.60. The molecule has 0 spiro atoms. The lowest BCUT2D eigenvalue weighted by Crippen LogP contribution is -2.26. The molecule has 2 rings (SSSR count). The van der Waals surface area contributed by atoms with Crippen molar-refractivity contribution in [2.75, 3.05) is 17.6 Å². The van der Waals surface area contributed by atoms with Gasteiger partial charge in [-0.05, 0) is 37.0 Å². The van der Waals surface area contributed by atoms with Crippen molar-refractivity contribution in [1.82, 2.24) is 0 Å². The minimum atomic E-state index is -2.96. The normalized spacial score (nSPS) is 20.8. The molecule has 0 bridgehead atoms. The van der Waals surface area contributed by atoms with Gasteiger partial charge in [-0.2, -0.15) is 0 Å². The van der Waals surface area contributed by atoms with Crippen LogP contribution < -0.4 is 11.1 Å². The molecule has 5 nitrogen and oxygen atoms in total. The monoisotopic (exact) mass is 423 g/mol. The first-order valence-electron chi connectivity index (χ1n) is 6.88. The fraction of sp³-hybridized carbons (Fsp3) is 0.500. The maximum absolute atomic E-state index is 11.7. The summed E-state index contributed by atoms with van der Waals surface area (Å²) in [6, 6.07) is 7.92. The van der Waals surface area contributed by atoms with Crippen LogP contribution in [0.5, 0.6) is 0 Å². The number of aryl methyl sites for hydroxylation is 1. The molecule has 0 aliphatic carbocycles. The average Bonchev–Trinajstić information content (AvgIpc) is 2.75. The molecule has 0 aromatic heterocycles. The minimum Gasteiger partial charge on any atom is -0.370 e. The maximum Gasteiger partial charge on any atom is 0.193 e. The molecule has 1 saturated heterocycles. The van der Waals surface area contributed by atoms with E-state index in [9.17, 15) is 8.42 Å². The van der Waals surface area contributed by atoms with Gasteiger partial charge in [0.1, 0.15) is 0 Å². The van der Waals surface area contributed by atoms with Gasteiger partial charge in [0.15, 0.2) is 15.8 Å². The first-order chi connectivity index (χ1) is 9.51. The zero-order chi connectivity index (χ0) is 14.6. The maximum atomic E-state index is 11.7. The molecular formula is C14H22IN3O2S. The second kappa shape index (κ2) is 7.98. The molecule has 1 heterocycles. The highest BCUT2D eigenvalue weighted by Gasteiger charge is 2.30. The van der Waals surface area contributed by atoms with Crippen LogP contribution in [0.2, 0.25) is 0 Å². The summed E-state index contributed by atoms with van der Waals surface area (Å²) in [5.41, 5.74) is 7.89. The van der Waals surface area contributed by atoms with Crippen molar-refractivity contribution < 1.29 is 8.42 Å². The predicted octanol–water partition coefficient (Wildman–Crippen LogP) is 2.17. The van der Waals surface area contributed by atoms with E-state index in [-0.39, 0.29) is 47.5 Å². The third kappa shape index (κ3) is 5.14. The fourth-order valence-electron chi connectivity index (χ4n) is 2.32. The number of anilines is 1. The number of nitrogens with one attached hydrogen (secondary N) is 1. The molecular weight excluding hydrogens is 401 g/mol. The Morgan fingerprint density at radius 2 is 2.24 bits per heavy atom. The molecule has 1 aliphatic heterocycles. The minimum absolute atomic E-state index is 0. The number of sulfone groups is 1. The van der Waals surface area contributed by atoms with Crippen molar-refractivity contribution in [1.29, 1.82) is 0 Å². The Balaban J connectivity index is 0.00000220. The summed E-state index contributed by atoms with van der Waals surface area (Å²) in [6.07, 6.45) is 2.37. The Labute approximate surface area is 143 Å². The Bertz CT molecular complexity index is 602. The van der Waals surface area contributed by atoms with E-state index in [1.807, 2.05) is 24.3 Å². The van der Waals surface area contributed by atoms with E-state index in [2.05, 4.69) is 17.2 Å². The van der Waals surface area contributed by atoms with E-state index in [1.54, 1.807) is 0 Å². The molecule has 118 valence electrons. The second-order valence-electron chi connectivity index (χ2n) is 5.04. The van der Waals surface area contributed by atoms with Gasteiger partial charge in [-0.15, -0.1) is 24.0 Å². The molecule has 1 fully saturated rings. The van der Waals surface area contributed by atoms with Crippen LogP contribution in [0.15, 0.2) is 29.3 Å². The number of nitrogens with two attached hydrogens (primary N) is 1. The lowest BCUT2D eigenvalue weighted by atomic mass is 10.1. The van der Waals surface area contributed by atoms with Gasteiger partial charge < -0.3 is 11.1 Å². The Morgan fingerprint density at radius 3 is 2.86 bits per heavy atom. The Morgan fingerprint density at radius 1 is 1.48 bits per heavy atom. The van der Waals surface area contributed by atoms with E-state index < -0.39 is 9.84 Å². The van der Waals surface area contributed by atoms with E-state index in [4.69, 9.17) is 5.73 Å².